The Labute approximate surface area is 142 Å². The third kappa shape index (κ3) is 4.85. The largest absolute Gasteiger partial charge is 0.396 e. The number of amides is 1. The number of thioether (sulfide) groups is 1. The average Bonchev–Trinajstić information content (AvgIpc) is 2.59. The van der Waals surface area contributed by atoms with Crippen LogP contribution in [0.1, 0.15) is 33.8 Å². The molecule has 0 heterocycles. The Hall–Kier alpha value is -1.78. The summed E-state index contributed by atoms with van der Waals surface area (Å²) in [6, 6.07) is 15.9. The van der Waals surface area contributed by atoms with Crippen molar-refractivity contribution in [2.45, 2.75) is 24.2 Å². The van der Waals surface area contributed by atoms with E-state index in [9.17, 15) is 9.90 Å². The van der Waals surface area contributed by atoms with E-state index in [1.807, 2.05) is 61.7 Å². The first-order valence-electron chi connectivity index (χ1n) is 7.74. The lowest BCUT2D eigenvalue weighted by molar-refractivity contribution is 0.0948. The van der Waals surface area contributed by atoms with Crippen molar-refractivity contribution in [2.75, 3.05) is 19.4 Å². The van der Waals surface area contributed by atoms with Gasteiger partial charge in [-0.05, 0) is 42.9 Å². The molecule has 0 spiro atoms. The highest BCUT2D eigenvalue weighted by Crippen LogP contribution is 2.21. The van der Waals surface area contributed by atoms with E-state index in [2.05, 4.69) is 5.32 Å². The molecule has 1 amide bonds. The smallest absolute Gasteiger partial charge is 0.251 e. The lowest BCUT2D eigenvalue weighted by Gasteiger charge is -2.18. The van der Waals surface area contributed by atoms with E-state index in [-0.39, 0.29) is 18.4 Å². The van der Waals surface area contributed by atoms with Gasteiger partial charge < -0.3 is 10.4 Å². The molecule has 1 atom stereocenters. The van der Waals surface area contributed by atoms with E-state index in [4.69, 9.17) is 0 Å². The number of rotatable bonds is 7. The number of aryl methyl sites for hydroxylation is 1. The van der Waals surface area contributed by atoms with Crippen LogP contribution in [0.5, 0.6) is 0 Å². The minimum Gasteiger partial charge on any atom is -0.396 e. The second kappa shape index (κ2) is 8.75. The highest BCUT2D eigenvalue weighted by atomic mass is 32.2. The molecule has 0 aliphatic rings. The molecular formula is C19H23NO2S. The van der Waals surface area contributed by atoms with Gasteiger partial charge in [0.15, 0.2) is 0 Å². The minimum absolute atomic E-state index is 0.0581. The van der Waals surface area contributed by atoms with Gasteiger partial charge in [0.2, 0.25) is 0 Å². The predicted molar refractivity (Wildman–Crippen MR) is 96.2 cm³/mol. The maximum Gasteiger partial charge on any atom is 0.251 e. The van der Waals surface area contributed by atoms with Crippen molar-refractivity contribution in [2.24, 2.45) is 0 Å². The maximum atomic E-state index is 12.5. The van der Waals surface area contributed by atoms with Gasteiger partial charge >= 0.3 is 0 Å². The van der Waals surface area contributed by atoms with Crippen molar-refractivity contribution in [3.63, 3.8) is 0 Å². The van der Waals surface area contributed by atoms with E-state index in [1.54, 1.807) is 11.8 Å². The Kier molecular flexibility index (Phi) is 6.68. The molecule has 122 valence electrons. The van der Waals surface area contributed by atoms with Gasteiger partial charge in [0.25, 0.3) is 5.91 Å². The molecule has 0 aliphatic heterocycles. The second-order valence-electron chi connectivity index (χ2n) is 5.51. The van der Waals surface area contributed by atoms with Crippen LogP contribution in [0, 0.1) is 6.92 Å². The third-order valence-electron chi connectivity index (χ3n) is 3.95. The molecule has 3 nitrogen and oxygen atoms in total. The van der Waals surface area contributed by atoms with E-state index in [1.165, 1.54) is 0 Å². The van der Waals surface area contributed by atoms with Crippen molar-refractivity contribution < 1.29 is 9.90 Å². The highest BCUT2D eigenvalue weighted by molar-refractivity contribution is 7.98. The quantitative estimate of drug-likeness (QED) is 0.763. The van der Waals surface area contributed by atoms with Crippen molar-refractivity contribution in [1.29, 1.82) is 0 Å². The van der Waals surface area contributed by atoms with Gasteiger partial charge in [-0.15, -0.1) is 11.8 Å². The SMILES string of the molecule is CSc1ccc(C)c(C(=O)NCC(CCO)c2ccccc2)c1. The number of carbonyl (C=O) groups is 1. The third-order valence-corrected chi connectivity index (χ3v) is 4.67. The van der Waals surface area contributed by atoms with E-state index < -0.39 is 0 Å². The lowest BCUT2D eigenvalue weighted by Crippen LogP contribution is -2.29. The van der Waals surface area contributed by atoms with Crippen LogP contribution >= 0.6 is 11.8 Å². The van der Waals surface area contributed by atoms with Gasteiger partial charge in [0.05, 0.1) is 0 Å². The Balaban J connectivity index is 2.07. The van der Waals surface area contributed by atoms with Crippen LogP contribution in [0.4, 0.5) is 0 Å². The van der Waals surface area contributed by atoms with Crippen molar-refractivity contribution >= 4 is 17.7 Å². The van der Waals surface area contributed by atoms with Crippen molar-refractivity contribution in [3.05, 3.63) is 65.2 Å². The van der Waals surface area contributed by atoms with Crippen LogP contribution in [0.25, 0.3) is 0 Å². The number of hydrogen-bond donors (Lipinski definition) is 2. The first-order chi connectivity index (χ1) is 11.2. The molecule has 0 aromatic heterocycles. The van der Waals surface area contributed by atoms with Gasteiger partial charge in [-0.1, -0.05) is 36.4 Å². The van der Waals surface area contributed by atoms with Crippen LogP contribution < -0.4 is 5.32 Å². The number of aliphatic hydroxyl groups excluding tert-OH is 1. The molecule has 4 heteroatoms. The zero-order valence-corrected chi connectivity index (χ0v) is 14.4. The summed E-state index contributed by atoms with van der Waals surface area (Å²) >= 11 is 1.63. The van der Waals surface area contributed by atoms with Gasteiger partial charge in [0.1, 0.15) is 0 Å². The molecule has 0 aliphatic carbocycles. The summed E-state index contributed by atoms with van der Waals surface area (Å²) < 4.78 is 0. The molecule has 2 aromatic carbocycles. The van der Waals surface area contributed by atoms with Gasteiger partial charge in [-0.3, -0.25) is 4.79 Å². The van der Waals surface area contributed by atoms with Gasteiger partial charge in [0, 0.05) is 29.5 Å². The summed E-state index contributed by atoms with van der Waals surface area (Å²) in [7, 11) is 0. The summed E-state index contributed by atoms with van der Waals surface area (Å²) in [4.78, 5) is 13.6. The van der Waals surface area contributed by atoms with Crippen molar-refractivity contribution in [1.82, 2.24) is 5.32 Å². The fraction of sp³-hybridized carbons (Fsp3) is 0.316. The number of benzene rings is 2. The molecular weight excluding hydrogens is 306 g/mol. The standard InChI is InChI=1S/C19H23NO2S/c1-14-8-9-17(23-2)12-18(14)19(22)20-13-16(10-11-21)15-6-4-3-5-7-15/h3-9,12,16,21H,10-11,13H2,1-2H3,(H,20,22). The molecule has 0 saturated heterocycles. The molecule has 0 fully saturated rings. The fourth-order valence-electron chi connectivity index (χ4n) is 2.55. The minimum atomic E-state index is -0.0581. The zero-order chi connectivity index (χ0) is 16.7. The van der Waals surface area contributed by atoms with E-state index in [0.717, 1.165) is 16.0 Å². The fourth-order valence-corrected chi connectivity index (χ4v) is 2.99. The second-order valence-corrected chi connectivity index (χ2v) is 6.39. The Morgan fingerprint density at radius 3 is 2.61 bits per heavy atom. The molecule has 2 rings (SSSR count). The van der Waals surface area contributed by atoms with Crippen LogP contribution in [0.2, 0.25) is 0 Å². The first-order valence-corrected chi connectivity index (χ1v) is 8.96. The molecule has 2 N–H and O–H groups in total. The molecule has 0 radical (unpaired) electrons. The summed E-state index contributed by atoms with van der Waals surface area (Å²) in [5, 5.41) is 12.3. The Morgan fingerprint density at radius 1 is 1.22 bits per heavy atom. The zero-order valence-electron chi connectivity index (χ0n) is 13.6. The lowest BCUT2D eigenvalue weighted by atomic mass is 9.96. The molecule has 2 aromatic rings. The van der Waals surface area contributed by atoms with Crippen LogP contribution in [0.15, 0.2) is 53.4 Å². The van der Waals surface area contributed by atoms with Crippen LogP contribution in [-0.4, -0.2) is 30.4 Å². The van der Waals surface area contributed by atoms with Crippen molar-refractivity contribution in [3.8, 4) is 0 Å². The Morgan fingerprint density at radius 2 is 1.96 bits per heavy atom. The summed E-state index contributed by atoms with van der Waals surface area (Å²) in [6.45, 7) is 2.57. The highest BCUT2D eigenvalue weighted by Gasteiger charge is 2.15. The number of carbonyl (C=O) groups excluding carboxylic acids is 1. The Bertz CT molecular complexity index is 643. The van der Waals surface area contributed by atoms with Gasteiger partial charge in [-0.2, -0.15) is 0 Å². The van der Waals surface area contributed by atoms with Crippen LogP contribution in [0.3, 0.4) is 0 Å². The predicted octanol–water partition coefficient (Wildman–Crippen LogP) is 3.61. The maximum absolute atomic E-state index is 12.5. The summed E-state index contributed by atoms with van der Waals surface area (Å²) in [5.74, 6) is 0.0615. The molecule has 23 heavy (non-hydrogen) atoms. The number of aliphatic hydroxyl groups is 1. The van der Waals surface area contributed by atoms with Gasteiger partial charge in [-0.25, -0.2) is 0 Å². The number of nitrogens with one attached hydrogen (secondary N) is 1. The monoisotopic (exact) mass is 329 g/mol. The molecule has 1 unspecified atom stereocenters. The normalized spacial score (nSPS) is 12.0. The first kappa shape index (κ1) is 17.6. The molecule has 0 saturated carbocycles. The van der Waals surface area contributed by atoms with E-state index >= 15 is 0 Å². The van der Waals surface area contributed by atoms with Crippen LogP contribution in [-0.2, 0) is 0 Å². The summed E-state index contributed by atoms with van der Waals surface area (Å²) in [5.41, 5.74) is 2.82. The average molecular weight is 329 g/mol. The number of hydrogen-bond acceptors (Lipinski definition) is 3. The molecule has 0 bridgehead atoms. The topological polar surface area (TPSA) is 49.3 Å². The van der Waals surface area contributed by atoms with E-state index in [0.29, 0.717) is 18.5 Å². The summed E-state index contributed by atoms with van der Waals surface area (Å²) in [6.07, 6.45) is 2.63.